The maximum absolute atomic E-state index is 13.7. The molecule has 3 aromatic carbocycles. The highest BCUT2D eigenvalue weighted by atomic mass is 35.5. The van der Waals surface area contributed by atoms with Crippen LogP contribution < -0.4 is 9.96 Å². The van der Waals surface area contributed by atoms with E-state index in [4.69, 9.17) is 32.5 Å². The second-order valence-corrected chi connectivity index (χ2v) is 9.68. The Labute approximate surface area is 217 Å². The fraction of sp³-hybridized carbons (Fsp3) is 0.143. The van der Waals surface area contributed by atoms with Crippen molar-refractivity contribution in [1.29, 1.82) is 0 Å². The van der Waals surface area contributed by atoms with Crippen LogP contribution in [0.5, 0.6) is 0 Å². The van der Waals surface area contributed by atoms with Crippen LogP contribution in [-0.4, -0.2) is 17.9 Å². The van der Waals surface area contributed by atoms with E-state index in [1.165, 1.54) is 4.90 Å². The summed E-state index contributed by atoms with van der Waals surface area (Å²) in [4.78, 5) is 34.6. The van der Waals surface area contributed by atoms with Crippen molar-refractivity contribution in [3.05, 3.63) is 106 Å². The zero-order chi connectivity index (χ0) is 25.0. The molecule has 8 heteroatoms. The van der Waals surface area contributed by atoms with E-state index in [0.29, 0.717) is 38.5 Å². The van der Waals surface area contributed by atoms with E-state index in [2.05, 4.69) is 0 Å². The van der Waals surface area contributed by atoms with E-state index < -0.39 is 24.0 Å². The smallest absolute Gasteiger partial charge is 0.266 e. The van der Waals surface area contributed by atoms with Crippen LogP contribution in [0.25, 0.3) is 11.3 Å². The fourth-order valence-electron chi connectivity index (χ4n) is 4.79. The molecule has 3 atom stereocenters. The number of para-hydroxylation sites is 1. The number of hydrogen-bond acceptors (Lipinski definition) is 5. The van der Waals surface area contributed by atoms with Gasteiger partial charge in [0.2, 0.25) is 5.91 Å². The van der Waals surface area contributed by atoms with E-state index in [1.54, 1.807) is 47.5 Å². The van der Waals surface area contributed by atoms with Gasteiger partial charge in [0.1, 0.15) is 23.5 Å². The van der Waals surface area contributed by atoms with Gasteiger partial charge in [-0.3, -0.25) is 14.4 Å². The number of carbonyl (C=O) groups is 2. The molecular weight excluding hydrogens is 499 g/mol. The Kier molecular flexibility index (Phi) is 5.60. The Morgan fingerprint density at radius 3 is 2.31 bits per heavy atom. The summed E-state index contributed by atoms with van der Waals surface area (Å²) in [7, 11) is 0. The Bertz CT molecular complexity index is 1470. The van der Waals surface area contributed by atoms with Gasteiger partial charge >= 0.3 is 0 Å². The topological polar surface area (TPSA) is 63.0 Å². The van der Waals surface area contributed by atoms with E-state index in [9.17, 15) is 9.59 Å². The molecule has 36 heavy (non-hydrogen) atoms. The molecule has 0 unspecified atom stereocenters. The second-order valence-electron chi connectivity index (χ2n) is 8.83. The van der Waals surface area contributed by atoms with Gasteiger partial charge in [-0.2, -0.15) is 0 Å². The van der Waals surface area contributed by atoms with Crippen molar-refractivity contribution in [3.63, 3.8) is 0 Å². The molecule has 2 fully saturated rings. The standard InChI is InChI=1S/C28H20Cl2N2O4/c1-16-7-10-18(11-8-16)31-27(33)24-25(32(36-26(24)28(31)34)19-5-3-2-4-6-19)23-14-13-22(35-23)20-15-17(29)9-12-21(20)30/h2-15,24-26H,1H3/t24-,25+,26+/m0/s1. The first kappa shape index (κ1) is 22.9. The lowest BCUT2D eigenvalue weighted by molar-refractivity contribution is -0.126. The summed E-state index contributed by atoms with van der Waals surface area (Å²) in [5.74, 6) is -0.559. The average molecular weight is 519 g/mol. The quantitative estimate of drug-likeness (QED) is 0.284. The number of fused-ring (bicyclic) bond motifs is 1. The highest BCUT2D eigenvalue weighted by Crippen LogP contribution is 2.48. The van der Waals surface area contributed by atoms with Gasteiger partial charge in [0.25, 0.3) is 5.91 Å². The number of amides is 2. The van der Waals surface area contributed by atoms with Gasteiger partial charge in [0, 0.05) is 10.6 Å². The number of nitrogens with zero attached hydrogens (tertiary/aromatic N) is 2. The van der Waals surface area contributed by atoms with E-state index >= 15 is 0 Å². The number of benzene rings is 3. The molecule has 2 aliphatic rings. The van der Waals surface area contributed by atoms with Gasteiger partial charge in [-0.15, -0.1) is 0 Å². The molecule has 6 rings (SSSR count). The van der Waals surface area contributed by atoms with Crippen molar-refractivity contribution >= 4 is 46.4 Å². The van der Waals surface area contributed by atoms with Crippen molar-refractivity contribution in [2.75, 3.05) is 9.96 Å². The third-order valence-electron chi connectivity index (χ3n) is 6.53. The summed E-state index contributed by atoms with van der Waals surface area (Å²) in [5.41, 5.74) is 2.89. The molecule has 0 spiro atoms. The summed E-state index contributed by atoms with van der Waals surface area (Å²) in [6.07, 6.45) is -0.979. The van der Waals surface area contributed by atoms with Crippen LogP contribution >= 0.6 is 23.2 Å². The maximum atomic E-state index is 13.7. The maximum Gasteiger partial charge on any atom is 0.266 e. The molecule has 0 aliphatic carbocycles. The zero-order valence-electron chi connectivity index (χ0n) is 19.1. The van der Waals surface area contributed by atoms with Crippen LogP contribution in [0.4, 0.5) is 11.4 Å². The van der Waals surface area contributed by atoms with Gasteiger partial charge < -0.3 is 4.42 Å². The van der Waals surface area contributed by atoms with E-state index in [0.717, 1.165) is 5.56 Å². The molecule has 0 saturated carbocycles. The minimum Gasteiger partial charge on any atom is -0.459 e. The minimum absolute atomic E-state index is 0.337. The largest absolute Gasteiger partial charge is 0.459 e. The van der Waals surface area contributed by atoms with Crippen LogP contribution in [0, 0.1) is 12.8 Å². The number of aryl methyl sites for hydroxylation is 1. The Morgan fingerprint density at radius 1 is 0.806 bits per heavy atom. The molecule has 1 aromatic heterocycles. The van der Waals surface area contributed by atoms with Gasteiger partial charge in [-0.05, 0) is 61.5 Å². The summed E-state index contributed by atoms with van der Waals surface area (Å²) < 4.78 is 6.24. The first-order valence-electron chi connectivity index (χ1n) is 11.4. The summed E-state index contributed by atoms with van der Waals surface area (Å²) in [6.45, 7) is 1.95. The van der Waals surface area contributed by atoms with Crippen molar-refractivity contribution in [2.45, 2.75) is 19.1 Å². The number of carbonyl (C=O) groups excluding carboxylic acids is 2. The molecule has 2 saturated heterocycles. The van der Waals surface area contributed by atoms with Crippen LogP contribution in [0.15, 0.2) is 89.3 Å². The van der Waals surface area contributed by atoms with Gasteiger partial charge in [0.05, 0.1) is 16.4 Å². The molecule has 6 nitrogen and oxygen atoms in total. The lowest BCUT2D eigenvalue weighted by atomic mass is 9.94. The normalized spacial score (nSPS) is 21.4. The molecule has 4 aromatic rings. The number of imide groups is 1. The van der Waals surface area contributed by atoms with Crippen molar-refractivity contribution in [2.24, 2.45) is 5.92 Å². The third kappa shape index (κ3) is 3.69. The molecule has 2 aliphatic heterocycles. The highest BCUT2D eigenvalue weighted by Gasteiger charge is 2.61. The Balaban J connectivity index is 1.43. The molecule has 0 N–H and O–H groups in total. The highest BCUT2D eigenvalue weighted by molar-refractivity contribution is 6.35. The Morgan fingerprint density at radius 2 is 1.56 bits per heavy atom. The number of hydroxylamine groups is 1. The fourth-order valence-corrected chi connectivity index (χ4v) is 5.18. The molecule has 0 radical (unpaired) electrons. The number of furan rings is 1. The lowest BCUT2D eigenvalue weighted by Gasteiger charge is -2.27. The second kappa shape index (κ2) is 8.82. The molecule has 2 amide bonds. The van der Waals surface area contributed by atoms with Gasteiger partial charge in [0.15, 0.2) is 6.10 Å². The van der Waals surface area contributed by atoms with E-state index in [-0.39, 0.29) is 5.91 Å². The summed E-state index contributed by atoms with van der Waals surface area (Å²) in [5, 5.41) is 2.60. The summed E-state index contributed by atoms with van der Waals surface area (Å²) >= 11 is 12.6. The predicted octanol–water partition coefficient (Wildman–Crippen LogP) is 6.61. The lowest BCUT2D eigenvalue weighted by Crippen LogP contribution is -2.37. The van der Waals surface area contributed by atoms with Crippen LogP contribution in [-0.2, 0) is 14.4 Å². The SMILES string of the molecule is Cc1ccc(N2C(=O)[C@H]3[C@@H](c4ccc(-c5cc(Cl)ccc5Cl)o4)N(c4ccccc4)O[C@H]3C2=O)cc1. The summed E-state index contributed by atoms with van der Waals surface area (Å²) in [6, 6.07) is 24.6. The molecule has 3 heterocycles. The molecule has 0 bridgehead atoms. The number of halogens is 2. The first-order valence-corrected chi connectivity index (χ1v) is 12.2. The number of hydrogen-bond donors (Lipinski definition) is 0. The van der Waals surface area contributed by atoms with Crippen molar-refractivity contribution in [3.8, 4) is 11.3 Å². The predicted molar refractivity (Wildman–Crippen MR) is 138 cm³/mol. The number of anilines is 2. The monoisotopic (exact) mass is 518 g/mol. The molecular formula is C28H20Cl2N2O4. The van der Waals surface area contributed by atoms with Crippen LogP contribution in [0.1, 0.15) is 17.4 Å². The van der Waals surface area contributed by atoms with Crippen LogP contribution in [0.3, 0.4) is 0 Å². The molecule has 180 valence electrons. The van der Waals surface area contributed by atoms with Crippen molar-refractivity contribution in [1.82, 2.24) is 0 Å². The Hall–Kier alpha value is -3.58. The van der Waals surface area contributed by atoms with Gasteiger partial charge in [-0.25, -0.2) is 9.96 Å². The van der Waals surface area contributed by atoms with E-state index in [1.807, 2.05) is 49.4 Å². The van der Waals surface area contributed by atoms with Crippen LogP contribution in [0.2, 0.25) is 10.0 Å². The zero-order valence-corrected chi connectivity index (χ0v) is 20.6. The first-order chi connectivity index (χ1) is 17.4. The average Bonchev–Trinajstić information content (AvgIpc) is 3.57. The third-order valence-corrected chi connectivity index (χ3v) is 7.10. The number of rotatable bonds is 4. The minimum atomic E-state index is -0.979. The van der Waals surface area contributed by atoms with Gasteiger partial charge in [-0.1, -0.05) is 59.1 Å². The van der Waals surface area contributed by atoms with Crippen molar-refractivity contribution < 1.29 is 18.8 Å².